The summed E-state index contributed by atoms with van der Waals surface area (Å²) in [6, 6.07) is 6.12. The Hall–Kier alpha value is -2.30. The summed E-state index contributed by atoms with van der Waals surface area (Å²) < 4.78 is 15.0. The van der Waals surface area contributed by atoms with Crippen LogP contribution in [-0.2, 0) is 6.54 Å². The first kappa shape index (κ1) is 14.1. The summed E-state index contributed by atoms with van der Waals surface area (Å²) in [7, 11) is 0. The second-order valence-corrected chi connectivity index (χ2v) is 4.77. The lowest BCUT2D eigenvalue weighted by atomic mass is 10.2. The van der Waals surface area contributed by atoms with Crippen molar-refractivity contribution in [2.75, 3.05) is 11.1 Å². The summed E-state index contributed by atoms with van der Waals surface area (Å²) in [5.41, 5.74) is 7.85. The molecule has 2 rings (SSSR count). The highest BCUT2D eigenvalue weighted by Gasteiger charge is 2.13. The molecule has 0 aliphatic rings. The fourth-order valence-electron chi connectivity index (χ4n) is 2.07. The van der Waals surface area contributed by atoms with E-state index in [1.165, 1.54) is 12.1 Å². The number of hydrogen-bond donors (Lipinski definition) is 2. The lowest BCUT2D eigenvalue weighted by Crippen LogP contribution is -2.16. The van der Waals surface area contributed by atoms with Gasteiger partial charge in [0.25, 0.3) is 5.91 Å². The number of nitrogens with zero attached hydrogens (tertiary/aromatic N) is 1. The summed E-state index contributed by atoms with van der Waals surface area (Å²) in [6.45, 7) is 4.41. The number of anilines is 2. The Morgan fingerprint density at radius 2 is 2.15 bits per heavy atom. The quantitative estimate of drug-likeness (QED) is 0.900. The molecule has 3 N–H and O–H groups in total. The number of hydrogen-bond acceptors (Lipinski definition) is 2. The minimum Gasteiger partial charge on any atom is -0.397 e. The second kappa shape index (κ2) is 5.77. The molecule has 0 bridgehead atoms. The van der Waals surface area contributed by atoms with Crippen LogP contribution in [0.25, 0.3) is 0 Å². The molecule has 0 atom stereocenters. The number of aromatic nitrogens is 1. The fourth-order valence-corrected chi connectivity index (χ4v) is 2.07. The van der Waals surface area contributed by atoms with Crippen LogP contribution in [0.15, 0.2) is 30.5 Å². The predicted octanol–water partition coefficient (Wildman–Crippen LogP) is 3.18. The first-order chi connectivity index (χ1) is 9.51. The number of rotatable bonds is 4. The minimum absolute atomic E-state index is 0.249. The topological polar surface area (TPSA) is 60.0 Å². The molecular weight excluding hydrogens is 257 g/mol. The van der Waals surface area contributed by atoms with Gasteiger partial charge < -0.3 is 15.6 Å². The SMILES string of the molecule is CCCn1cc(N)cc1C(=O)Nc1ccc(F)c(C)c1. The van der Waals surface area contributed by atoms with E-state index in [4.69, 9.17) is 5.73 Å². The lowest BCUT2D eigenvalue weighted by molar-refractivity contribution is 0.101. The molecule has 2 aromatic rings. The van der Waals surface area contributed by atoms with Crippen LogP contribution in [0.2, 0.25) is 0 Å². The number of nitrogens with one attached hydrogen (secondary N) is 1. The molecule has 5 heteroatoms. The normalized spacial score (nSPS) is 10.6. The Kier molecular flexibility index (Phi) is 4.08. The summed E-state index contributed by atoms with van der Waals surface area (Å²) in [6.07, 6.45) is 2.65. The Labute approximate surface area is 117 Å². The number of halogens is 1. The highest BCUT2D eigenvalue weighted by atomic mass is 19.1. The first-order valence-electron chi connectivity index (χ1n) is 6.54. The Bertz CT molecular complexity index is 634. The molecule has 1 amide bonds. The van der Waals surface area contributed by atoms with Crippen LogP contribution in [0.1, 0.15) is 29.4 Å². The zero-order valence-electron chi connectivity index (χ0n) is 11.6. The van der Waals surface area contributed by atoms with Gasteiger partial charge in [-0.15, -0.1) is 0 Å². The number of nitrogens with two attached hydrogens (primary N) is 1. The van der Waals surface area contributed by atoms with E-state index in [1.807, 2.05) is 11.5 Å². The molecule has 1 heterocycles. The largest absolute Gasteiger partial charge is 0.397 e. The van der Waals surface area contributed by atoms with Crippen molar-refractivity contribution < 1.29 is 9.18 Å². The van der Waals surface area contributed by atoms with E-state index in [0.29, 0.717) is 22.6 Å². The van der Waals surface area contributed by atoms with Crippen molar-refractivity contribution in [2.45, 2.75) is 26.8 Å². The van der Waals surface area contributed by atoms with Crippen molar-refractivity contribution in [3.8, 4) is 0 Å². The molecule has 1 aromatic heterocycles. The maximum atomic E-state index is 13.2. The molecule has 0 saturated carbocycles. The molecule has 0 aliphatic carbocycles. The standard InChI is InChI=1S/C15H18FN3O/c1-3-6-19-9-11(17)8-14(19)15(20)18-12-4-5-13(16)10(2)7-12/h4-5,7-9H,3,6,17H2,1-2H3,(H,18,20). The van der Waals surface area contributed by atoms with Crippen LogP contribution in [0.4, 0.5) is 15.8 Å². The zero-order chi connectivity index (χ0) is 14.7. The van der Waals surface area contributed by atoms with Crippen LogP contribution < -0.4 is 11.1 Å². The molecule has 4 nitrogen and oxygen atoms in total. The van der Waals surface area contributed by atoms with Gasteiger partial charge in [-0.3, -0.25) is 4.79 Å². The molecule has 20 heavy (non-hydrogen) atoms. The van der Waals surface area contributed by atoms with Gasteiger partial charge in [-0.2, -0.15) is 0 Å². The Balaban J connectivity index is 2.21. The first-order valence-corrected chi connectivity index (χ1v) is 6.54. The summed E-state index contributed by atoms with van der Waals surface area (Å²) >= 11 is 0. The van der Waals surface area contributed by atoms with Gasteiger partial charge in [0.2, 0.25) is 0 Å². The maximum Gasteiger partial charge on any atom is 0.272 e. The van der Waals surface area contributed by atoms with E-state index in [-0.39, 0.29) is 11.7 Å². The number of benzene rings is 1. The predicted molar refractivity (Wildman–Crippen MR) is 78.2 cm³/mol. The Morgan fingerprint density at radius 3 is 2.80 bits per heavy atom. The monoisotopic (exact) mass is 275 g/mol. The number of nitrogen functional groups attached to an aromatic ring is 1. The van der Waals surface area contributed by atoms with Crippen molar-refractivity contribution in [2.24, 2.45) is 0 Å². The molecular formula is C15H18FN3O. The summed E-state index contributed by atoms with van der Waals surface area (Å²) in [5.74, 6) is -0.539. The Morgan fingerprint density at radius 1 is 1.40 bits per heavy atom. The highest BCUT2D eigenvalue weighted by Crippen LogP contribution is 2.17. The minimum atomic E-state index is -0.290. The molecule has 0 fully saturated rings. The second-order valence-electron chi connectivity index (χ2n) is 4.77. The molecule has 0 saturated heterocycles. The van der Waals surface area contributed by atoms with Crippen LogP contribution in [0.5, 0.6) is 0 Å². The molecule has 1 aromatic carbocycles. The van der Waals surface area contributed by atoms with Crippen molar-refractivity contribution in [3.05, 3.63) is 47.5 Å². The smallest absolute Gasteiger partial charge is 0.272 e. The maximum absolute atomic E-state index is 13.2. The van der Waals surface area contributed by atoms with Gasteiger partial charge in [-0.25, -0.2) is 4.39 Å². The fraction of sp³-hybridized carbons (Fsp3) is 0.267. The number of amides is 1. The number of aryl methyl sites for hydroxylation is 2. The molecule has 0 unspecified atom stereocenters. The third-order valence-corrected chi connectivity index (χ3v) is 3.03. The number of carbonyl (C=O) groups excluding carboxylic acids is 1. The van der Waals surface area contributed by atoms with Gasteiger partial charge in [0.05, 0.1) is 5.69 Å². The summed E-state index contributed by atoms with van der Waals surface area (Å²) in [5, 5.41) is 2.76. The highest BCUT2D eigenvalue weighted by molar-refractivity contribution is 6.03. The molecule has 106 valence electrons. The zero-order valence-corrected chi connectivity index (χ0v) is 11.6. The van der Waals surface area contributed by atoms with Gasteiger partial charge >= 0.3 is 0 Å². The van der Waals surface area contributed by atoms with Crippen LogP contribution in [0, 0.1) is 12.7 Å². The van der Waals surface area contributed by atoms with Gasteiger partial charge in [-0.05, 0) is 43.2 Å². The van der Waals surface area contributed by atoms with Gasteiger partial charge in [-0.1, -0.05) is 6.92 Å². The van der Waals surface area contributed by atoms with E-state index < -0.39 is 0 Å². The van der Waals surface area contributed by atoms with E-state index in [0.717, 1.165) is 13.0 Å². The van der Waals surface area contributed by atoms with Crippen LogP contribution in [0.3, 0.4) is 0 Å². The van der Waals surface area contributed by atoms with Crippen molar-refractivity contribution >= 4 is 17.3 Å². The van der Waals surface area contributed by atoms with Crippen molar-refractivity contribution in [1.82, 2.24) is 4.57 Å². The van der Waals surface area contributed by atoms with Crippen LogP contribution >= 0.6 is 0 Å². The third kappa shape index (κ3) is 2.99. The van der Waals surface area contributed by atoms with Crippen molar-refractivity contribution in [1.29, 1.82) is 0 Å². The number of carbonyl (C=O) groups is 1. The van der Waals surface area contributed by atoms with E-state index >= 15 is 0 Å². The van der Waals surface area contributed by atoms with E-state index in [9.17, 15) is 9.18 Å². The van der Waals surface area contributed by atoms with Gasteiger partial charge in [0.1, 0.15) is 11.5 Å². The van der Waals surface area contributed by atoms with Crippen molar-refractivity contribution in [3.63, 3.8) is 0 Å². The molecule has 0 spiro atoms. The molecule has 0 radical (unpaired) electrons. The average molecular weight is 275 g/mol. The van der Waals surface area contributed by atoms with Gasteiger partial charge in [0.15, 0.2) is 0 Å². The van der Waals surface area contributed by atoms with Crippen LogP contribution in [-0.4, -0.2) is 10.5 Å². The average Bonchev–Trinajstić information content (AvgIpc) is 2.75. The third-order valence-electron chi connectivity index (χ3n) is 3.03. The van der Waals surface area contributed by atoms with E-state index in [1.54, 1.807) is 25.3 Å². The van der Waals surface area contributed by atoms with E-state index in [2.05, 4.69) is 5.32 Å². The molecule has 0 aliphatic heterocycles. The summed E-state index contributed by atoms with van der Waals surface area (Å²) in [4.78, 5) is 12.2. The van der Waals surface area contributed by atoms with Gasteiger partial charge in [0, 0.05) is 18.4 Å². The lowest BCUT2D eigenvalue weighted by Gasteiger charge is -2.09.